The molecule has 1 aromatic carbocycles. The van der Waals surface area contributed by atoms with Crippen LogP contribution in [-0.4, -0.2) is 73.0 Å². The maximum absolute atomic E-state index is 12.9. The first kappa shape index (κ1) is 23.9. The van der Waals surface area contributed by atoms with Crippen LogP contribution < -0.4 is 5.32 Å². The minimum absolute atomic E-state index is 0.0262. The monoisotopic (exact) mass is 454 g/mol. The van der Waals surface area contributed by atoms with E-state index in [-0.39, 0.29) is 28.3 Å². The molecule has 2 atom stereocenters. The largest absolute Gasteiger partial charge is 0.378 e. The van der Waals surface area contributed by atoms with Crippen molar-refractivity contribution in [3.05, 3.63) is 28.3 Å². The number of hydrogen-bond donors (Lipinski definition) is 1. The first-order valence-electron chi connectivity index (χ1n) is 10.9. The van der Waals surface area contributed by atoms with Gasteiger partial charge in [-0.1, -0.05) is 6.42 Å². The Balaban J connectivity index is 1.78. The highest BCUT2D eigenvalue weighted by molar-refractivity contribution is 7.89. The summed E-state index contributed by atoms with van der Waals surface area (Å²) in [4.78, 5) is 13.5. The molecule has 0 aromatic heterocycles. The van der Waals surface area contributed by atoms with Crippen LogP contribution in [0.3, 0.4) is 0 Å². The molecule has 10 heteroatoms. The average Bonchev–Trinajstić information content (AvgIpc) is 2.72. The Morgan fingerprint density at radius 1 is 1.16 bits per heavy atom. The van der Waals surface area contributed by atoms with Crippen LogP contribution in [0.15, 0.2) is 23.1 Å². The number of nitro benzene ring substituents is 1. The number of nitrogens with zero attached hydrogens (tertiary/aromatic N) is 3. The van der Waals surface area contributed by atoms with Gasteiger partial charge in [0.1, 0.15) is 5.69 Å². The Kier molecular flexibility index (Phi) is 7.25. The van der Waals surface area contributed by atoms with Crippen LogP contribution >= 0.6 is 0 Å². The zero-order valence-electron chi connectivity index (χ0n) is 18.8. The average molecular weight is 455 g/mol. The molecule has 0 saturated carbocycles. The second-order valence-corrected chi connectivity index (χ2v) is 11.2. The van der Waals surface area contributed by atoms with Gasteiger partial charge in [0.05, 0.1) is 22.0 Å². The first-order valence-corrected chi connectivity index (χ1v) is 12.4. The molecule has 3 rings (SSSR count). The van der Waals surface area contributed by atoms with Crippen LogP contribution in [0.25, 0.3) is 0 Å². The van der Waals surface area contributed by atoms with E-state index in [4.69, 9.17) is 4.74 Å². The molecule has 0 radical (unpaired) electrons. The van der Waals surface area contributed by atoms with E-state index in [1.807, 2.05) is 13.8 Å². The smallest absolute Gasteiger partial charge is 0.293 e. The van der Waals surface area contributed by atoms with Crippen LogP contribution in [0.1, 0.15) is 47.0 Å². The predicted molar refractivity (Wildman–Crippen MR) is 120 cm³/mol. The fraction of sp³-hybridized carbons (Fsp3) is 0.714. The van der Waals surface area contributed by atoms with Crippen LogP contribution in [-0.2, 0) is 14.8 Å². The maximum Gasteiger partial charge on any atom is 0.293 e. The van der Waals surface area contributed by atoms with Gasteiger partial charge in [0, 0.05) is 44.3 Å². The van der Waals surface area contributed by atoms with E-state index in [0.717, 1.165) is 32.4 Å². The topological polar surface area (TPSA) is 105 Å². The molecule has 2 unspecified atom stereocenters. The third-order valence-corrected chi connectivity index (χ3v) is 8.00. The molecule has 0 aliphatic carbocycles. The van der Waals surface area contributed by atoms with Crippen molar-refractivity contribution in [3.8, 4) is 0 Å². The molecule has 2 aliphatic heterocycles. The summed E-state index contributed by atoms with van der Waals surface area (Å²) in [6.07, 6.45) is 2.88. The van der Waals surface area contributed by atoms with Gasteiger partial charge >= 0.3 is 0 Å². The summed E-state index contributed by atoms with van der Waals surface area (Å²) >= 11 is 0. The molecule has 2 saturated heterocycles. The lowest BCUT2D eigenvalue weighted by Crippen LogP contribution is -2.57. The van der Waals surface area contributed by atoms with Gasteiger partial charge in [-0.05, 0) is 52.7 Å². The van der Waals surface area contributed by atoms with Crippen LogP contribution in [0.2, 0.25) is 0 Å². The molecule has 2 aliphatic rings. The molecule has 0 amide bonds. The Morgan fingerprint density at radius 2 is 1.77 bits per heavy atom. The van der Waals surface area contributed by atoms with Gasteiger partial charge in [0.25, 0.3) is 5.69 Å². The minimum atomic E-state index is -3.73. The number of morpholine rings is 1. The van der Waals surface area contributed by atoms with E-state index in [2.05, 4.69) is 24.1 Å². The van der Waals surface area contributed by atoms with Crippen molar-refractivity contribution in [1.29, 1.82) is 0 Å². The molecule has 1 N–H and O–H groups in total. The molecule has 0 spiro atoms. The highest BCUT2D eigenvalue weighted by atomic mass is 32.2. The van der Waals surface area contributed by atoms with Crippen molar-refractivity contribution in [2.75, 3.05) is 38.0 Å². The van der Waals surface area contributed by atoms with Crippen molar-refractivity contribution >= 4 is 21.4 Å². The molecule has 1 aromatic rings. The minimum Gasteiger partial charge on any atom is -0.378 e. The fourth-order valence-corrected chi connectivity index (χ4v) is 5.86. The third kappa shape index (κ3) is 5.54. The second-order valence-electron chi connectivity index (χ2n) is 9.23. The molecule has 2 heterocycles. The lowest BCUT2D eigenvalue weighted by atomic mass is 10.00. The Hall–Kier alpha value is -1.75. The first-order chi connectivity index (χ1) is 14.5. The van der Waals surface area contributed by atoms with Crippen molar-refractivity contribution in [2.24, 2.45) is 0 Å². The summed E-state index contributed by atoms with van der Waals surface area (Å²) in [5.74, 6) is 0. The summed E-state index contributed by atoms with van der Waals surface area (Å²) in [5, 5.41) is 14.9. The lowest BCUT2D eigenvalue weighted by Gasteiger charge is -2.45. The molecule has 2 fully saturated rings. The van der Waals surface area contributed by atoms with Gasteiger partial charge in [-0.3, -0.25) is 15.0 Å². The SMILES string of the molecule is CC1CN(C(C)(C)CNc2ccc(S(=O)(=O)N3CCCCC3)cc2[N+](=O)[O-])CC(C)O1. The summed E-state index contributed by atoms with van der Waals surface area (Å²) in [6.45, 7) is 11.2. The van der Waals surface area contributed by atoms with Crippen LogP contribution in [0.5, 0.6) is 0 Å². The number of nitro groups is 1. The lowest BCUT2D eigenvalue weighted by molar-refractivity contribution is -0.384. The van der Waals surface area contributed by atoms with Crippen molar-refractivity contribution in [3.63, 3.8) is 0 Å². The van der Waals surface area contributed by atoms with Gasteiger partial charge in [0.2, 0.25) is 10.0 Å². The van der Waals surface area contributed by atoms with E-state index in [0.29, 0.717) is 25.3 Å². The Morgan fingerprint density at radius 3 is 2.35 bits per heavy atom. The Labute approximate surface area is 184 Å². The van der Waals surface area contributed by atoms with Gasteiger partial charge in [-0.25, -0.2) is 8.42 Å². The molecular weight excluding hydrogens is 420 g/mol. The number of benzene rings is 1. The highest BCUT2D eigenvalue weighted by Crippen LogP contribution is 2.31. The number of ether oxygens (including phenoxy) is 1. The van der Waals surface area contributed by atoms with E-state index in [1.54, 1.807) is 0 Å². The normalized spacial score (nSPS) is 24.1. The van der Waals surface area contributed by atoms with Gasteiger partial charge in [-0.15, -0.1) is 0 Å². The van der Waals surface area contributed by atoms with E-state index in [1.165, 1.54) is 22.5 Å². The van der Waals surface area contributed by atoms with Crippen LogP contribution in [0.4, 0.5) is 11.4 Å². The van der Waals surface area contributed by atoms with Gasteiger partial charge < -0.3 is 10.1 Å². The van der Waals surface area contributed by atoms with Crippen molar-refractivity contribution in [1.82, 2.24) is 9.21 Å². The third-order valence-electron chi connectivity index (χ3n) is 6.11. The van der Waals surface area contributed by atoms with E-state index < -0.39 is 14.9 Å². The number of nitrogens with one attached hydrogen (secondary N) is 1. The van der Waals surface area contributed by atoms with E-state index >= 15 is 0 Å². The summed E-state index contributed by atoms with van der Waals surface area (Å²) in [7, 11) is -3.73. The van der Waals surface area contributed by atoms with Gasteiger partial charge in [0.15, 0.2) is 0 Å². The molecular formula is C21H34N4O5S. The predicted octanol–water partition coefficient (Wildman–Crippen LogP) is 3.07. The number of hydrogen-bond acceptors (Lipinski definition) is 7. The second kappa shape index (κ2) is 9.40. The number of rotatable bonds is 7. The fourth-order valence-electron chi connectivity index (χ4n) is 4.32. The maximum atomic E-state index is 12.9. The quantitative estimate of drug-likeness (QED) is 0.499. The number of piperidine rings is 1. The Bertz CT molecular complexity index is 889. The standard InChI is InChI=1S/C21H34N4O5S/c1-16-13-23(14-17(2)30-16)21(3,4)15-22-19-9-8-18(12-20(19)25(26)27)31(28,29)24-10-6-5-7-11-24/h8-9,12,16-17,22H,5-7,10-11,13-15H2,1-4H3. The highest BCUT2D eigenvalue weighted by Gasteiger charge is 2.34. The van der Waals surface area contributed by atoms with E-state index in [9.17, 15) is 18.5 Å². The molecule has 31 heavy (non-hydrogen) atoms. The zero-order valence-corrected chi connectivity index (χ0v) is 19.7. The summed E-state index contributed by atoms with van der Waals surface area (Å²) < 4.78 is 33.1. The zero-order chi connectivity index (χ0) is 22.8. The van der Waals surface area contributed by atoms with Crippen molar-refractivity contribution < 1.29 is 18.1 Å². The van der Waals surface area contributed by atoms with Gasteiger partial charge in [-0.2, -0.15) is 4.31 Å². The number of sulfonamides is 1. The van der Waals surface area contributed by atoms with Crippen LogP contribution in [0, 0.1) is 10.1 Å². The molecule has 9 nitrogen and oxygen atoms in total. The van der Waals surface area contributed by atoms with Crippen molar-refractivity contribution in [2.45, 2.75) is 69.6 Å². The molecule has 174 valence electrons. The molecule has 0 bridgehead atoms. The summed E-state index contributed by atoms with van der Waals surface area (Å²) in [5.41, 5.74) is -0.166. The number of anilines is 1. The summed E-state index contributed by atoms with van der Waals surface area (Å²) in [6, 6.07) is 4.15.